The molecule has 0 nitrogen and oxygen atoms in total. The smallest absolute Gasteiger partial charge is 0.0208 e. The summed E-state index contributed by atoms with van der Waals surface area (Å²) >= 11 is 0. The molecule has 0 saturated carbocycles. The fourth-order valence-electron chi connectivity index (χ4n) is 4.15. The standard InChI is InChI=1S/C20H14/c1-2-12-9-10-14-17(11-12)20-16-8-4-6-13-5-3-7-15(18(13)16)19(14)20/h2-11,19-20H,1H2. The highest BCUT2D eigenvalue weighted by atomic mass is 14.5. The summed E-state index contributed by atoms with van der Waals surface area (Å²) in [5.74, 6) is 1.14. The Labute approximate surface area is 118 Å². The molecule has 0 saturated heterocycles. The molecule has 0 fully saturated rings. The summed E-state index contributed by atoms with van der Waals surface area (Å²) in [6.07, 6.45) is 1.94. The second-order valence-corrected chi connectivity index (χ2v) is 5.84. The molecule has 94 valence electrons. The van der Waals surface area contributed by atoms with Gasteiger partial charge in [0.1, 0.15) is 0 Å². The molecule has 0 N–H and O–H groups in total. The van der Waals surface area contributed by atoms with Crippen LogP contribution in [0.25, 0.3) is 16.8 Å². The third kappa shape index (κ3) is 1.05. The van der Waals surface area contributed by atoms with Crippen molar-refractivity contribution in [1.82, 2.24) is 0 Å². The van der Waals surface area contributed by atoms with Gasteiger partial charge >= 0.3 is 0 Å². The van der Waals surface area contributed by atoms with Gasteiger partial charge in [0.2, 0.25) is 0 Å². The molecule has 0 heterocycles. The van der Waals surface area contributed by atoms with E-state index in [1.807, 2.05) is 6.08 Å². The van der Waals surface area contributed by atoms with E-state index in [0.717, 1.165) is 0 Å². The van der Waals surface area contributed by atoms with E-state index < -0.39 is 0 Å². The molecule has 2 unspecified atom stereocenters. The monoisotopic (exact) mass is 254 g/mol. The Morgan fingerprint density at radius 2 is 1.45 bits per heavy atom. The molecule has 0 spiro atoms. The third-order valence-corrected chi connectivity index (χ3v) is 4.99. The predicted molar refractivity (Wildman–Crippen MR) is 84.2 cm³/mol. The van der Waals surface area contributed by atoms with Gasteiger partial charge in [-0.2, -0.15) is 0 Å². The molecule has 0 bridgehead atoms. The molecule has 5 rings (SSSR count). The van der Waals surface area contributed by atoms with Gasteiger partial charge in [-0.25, -0.2) is 0 Å². The zero-order chi connectivity index (χ0) is 13.3. The molecule has 20 heavy (non-hydrogen) atoms. The van der Waals surface area contributed by atoms with Crippen LogP contribution >= 0.6 is 0 Å². The first kappa shape index (κ1) is 10.4. The molecular weight excluding hydrogens is 240 g/mol. The van der Waals surface area contributed by atoms with Crippen LogP contribution in [-0.2, 0) is 0 Å². The van der Waals surface area contributed by atoms with Crippen molar-refractivity contribution in [3.63, 3.8) is 0 Å². The van der Waals surface area contributed by atoms with Crippen molar-refractivity contribution in [2.24, 2.45) is 0 Å². The van der Waals surface area contributed by atoms with E-state index >= 15 is 0 Å². The lowest BCUT2D eigenvalue weighted by molar-refractivity contribution is 0.636. The average molecular weight is 254 g/mol. The van der Waals surface area contributed by atoms with Crippen LogP contribution in [0, 0.1) is 0 Å². The lowest BCUT2D eigenvalue weighted by Crippen LogP contribution is -2.22. The summed E-state index contributed by atoms with van der Waals surface area (Å²) in [5.41, 5.74) is 7.25. The second-order valence-electron chi connectivity index (χ2n) is 5.84. The normalized spacial score (nSPS) is 21.2. The zero-order valence-electron chi connectivity index (χ0n) is 11.1. The van der Waals surface area contributed by atoms with Crippen LogP contribution in [0.15, 0.2) is 61.2 Å². The van der Waals surface area contributed by atoms with Gasteiger partial charge in [-0.05, 0) is 38.6 Å². The Morgan fingerprint density at radius 1 is 0.750 bits per heavy atom. The van der Waals surface area contributed by atoms with E-state index in [1.165, 1.54) is 38.6 Å². The summed E-state index contributed by atoms with van der Waals surface area (Å²) in [4.78, 5) is 0. The molecule has 2 atom stereocenters. The van der Waals surface area contributed by atoms with Gasteiger partial charge in [-0.1, -0.05) is 67.3 Å². The minimum atomic E-state index is 0.561. The van der Waals surface area contributed by atoms with Crippen LogP contribution in [-0.4, -0.2) is 0 Å². The molecule has 0 heteroatoms. The van der Waals surface area contributed by atoms with Crippen molar-refractivity contribution in [2.75, 3.05) is 0 Å². The third-order valence-electron chi connectivity index (χ3n) is 4.99. The number of rotatable bonds is 1. The van der Waals surface area contributed by atoms with Gasteiger partial charge in [0, 0.05) is 11.8 Å². The van der Waals surface area contributed by atoms with Crippen molar-refractivity contribution in [3.05, 3.63) is 89.0 Å². The first-order valence-corrected chi connectivity index (χ1v) is 7.16. The summed E-state index contributed by atoms with van der Waals surface area (Å²) in [6, 6.07) is 20.2. The van der Waals surface area contributed by atoms with Crippen LogP contribution in [0.2, 0.25) is 0 Å². The highest BCUT2D eigenvalue weighted by Gasteiger charge is 2.45. The second kappa shape index (κ2) is 3.40. The summed E-state index contributed by atoms with van der Waals surface area (Å²) in [6.45, 7) is 3.89. The van der Waals surface area contributed by atoms with Crippen molar-refractivity contribution in [2.45, 2.75) is 11.8 Å². The van der Waals surface area contributed by atoms with Gasteiger partial charge in [0.25, 0.3) is 0 Å². The number of benzene rings is 3. The van der Waals surface area contributed by atoms with Crippen molar-refractivity contribution in [1.29, 1.82) is 0 Å². The molecule has 3 aromatic carbocycles. The van der Waals surface area contributed by atoms with Gasteiger partial charge in [-0.15, -0.1) is 0 Å². The summed E-state index contributed by atoms with van der Waals surface area (Å²) < 4.78 is 0. The quantitative estimate of drug-likeness (QED) is 0.568. The number of hydrogen-bond acceptors (Lipinski definition) is 0. The predicted octanol–water partition coefficient (Wildman–Crippen LogP) is 5.07. The Kier molecular flexibility index (Phi) is 1.78. The Morgan fingerprint density at radius 3 is 2.15 bits per heavy atom. The van der Waals surface area contributed by atoms with Gasteiger partial charge in [0.05, 0.1) is 0 Å². The maximum Gasteiger partial charge on any atom is 0.0208 e. The summed E-state index contributed by atoms with van der Waals surface area (Å²) in [5, 5.41) is 2.87. The molecule has 2 aliphatic rings. The van der Waals surface area contributed by atoms with Crippen LogP contribution in [0.5, 0.6) is 0 Å². The molecular formula is C20H14. The zero-order valence-corrected chi connectivity index (χ0v) is 11.1. The van der Waals surface area contributed by atoms with Crippen LogP contribution < -0.4 is 0 Å². The van der Waals surface area contributed by atoms with E-state index in [4.69, 9.17) is 0 Å². The van der Waals surface area contributed by atoms with Gasteiger partial charge in [-0.3, -0.25) is 0 Å². The largest absolute Gasteiger partial charge is 0.0985 e. The molecule has 0 aromatic heterocycles. The van der Waals surface area contributed by atoms with E-state index in [9.17, 15) is 0 Å². The van der Waals surface area contributed by atoms with E-state index in [2.05, 4.69) is 61.2 Å². The topological polar surface area (TPSA) is 0 Å². The first-order valence-electron chi connectivity index (χ1n) is 7.16. The minimum Gasteiger partial charge on any atom is -0.0985 e. The minimum absolute atomic E-state index is 0.561. The number of fused-ring (bicyclic) bond motifs is 6. The highest BCUT2D eigenvalue weighted by Crippen LogP contribution is 2.61. The molecule has 0 aliphatic heterocycles. The lowest BCUT2D eigenvalue weighted by Gasteiger charge is -2.36. The maximum absolute atomic E-state index is 3.89. The fraction of sp³-hybridized carbons (Fsp3) is 0.100. The SMILES string of the molecule is C=Cc1ccc2c(c1)C1c3cccc4cccc(c34)C21. The van der Waals surface area contributed by atoms with Crippen LogP contribution in [0.1, 0.15) is 39.7 Å². The average Bonchev–Trinajstić information content (AvgIpc) is 2.76. The van der Waals surface area contributed by atoms with E-state index in [-0.39, 0.29) is 0 Å². The van der Waals surface area contributed by atoms with Crippen molar-refractivity contribution in [3.8, 4) is 0 Å². The molecule has 0 radical (unpaired) electrons. The molecule has 0 amide bonds. The van der Waals surface area contributed by atoms with Crippen LogP contribution in [0.3, 0.4) is 0 Å². The van der Waals surface area contributed by atoms with E-state index in [1.54, 1.807) is 0 Å². The maximum atomic E-state index is 3.89. The molecule has 2 aliphatic carbocycles. The summed E-state index contributed by atoms with van der Waals surface area (Å²) in [7, 11) is 0. The lowest BCUT2D eigenvalue weighted by atomic mass is 9.66. The van der Waals surface area contributed by atoms with E-state index in [0.29, 0.717) is 11.8 Å². The Balaban J connectivity index is 1.85. The fourth-order valence-corrected chi connectivity index (χ4v) is 4.15. The molecule has 3 aromatic rings. The van der Waals surface area contributed by atoms with Crippen molar-refractivity contribution < 1.29 is 0 Å². The highest BCUT2D eigenvalue weighted by molar-refractivity contribution is 5.95. The van der Waals surface area contributed by atoms with Gasteiger partial charge in [0.15, 0.2) is 0 Å². The van der Waals surface area contributed by atoms with Crippen LogP contribution in [0.4, 0.5) is 0 Å². The Hall–Kier alpha value is -2.34. The Bertz CT molecular complexity index is 880. The van der Waals surface area contributed by atoms with Gasteiger partial charge < -0.3 is 0 Å². The first-order chi connectivity index (χ1) is 9.88. The number of hydrogen-bond donors (Lipinski definition) is 0. The van der Waals surface area contributed by atoms with Crippen molar-refractivity contribution >= 4 is 16.8 Å².